The van der Waals surface area contributed by atoms with Crippen LogP contribution in [-0.2, 0) is 4.79 Å². The van der Waals surface area contributed by atoms with Crippen LogP contribution in [0.25, 0.3) is 0 Å². The van der Waals surface area contributed by atoms with Gasteiger partial charge in [0, 0.05) is 11.8 Å². The summed E-state index contributed by atoms with van der Waals surface area (Å²) in [6, 6.07) is 0. The summed E-state index contributed by atoms with van der Waals surface area (Å²) in [5.41, 5.74) is -0.108. The van der Waals surface area contributed by atoms with Gasteiger partial charge < -0.3 is 10.4 Å². The summed E-state index contributed by atoms with van der Waals surface area (Å²) in [7, 11) is 0. The first-order valence-corrected chi connectivity index (χ1v) is 8.01. The summed E-state index contributed by atoms with van der Waals surface area (Å²) in [6.07, 6.45) is 5.43. The van der Waals surface area contributed by atoms with E-state index < -0.39 is 0 Å². The fourth-order valence-corrected chi connectivity index (χ4v) is 3.24. The first kappa shape index (κ1) is 15.8. The van der Waals surface area contributed by atoms with Crippen molar-refractivity contribution < 1.29 is 9.90 Å². The Labute approximate surface area is 115 Å². The molecule has 1 aliphatic rings. The zero-order chi connectivity index (χ0) is 13.6. The summed E-state index contributed by atoms with van der Waals surface area (Å²) >= 11 is 1.78. The lowest BCUT2D eigenvalue weighted by molar-refractivity contribution is -0.118. The minimum Gasteiger partial charge on any atom is -0.393 e. The molecule has 3 nitrogen and oxygen atoms in total. The molecule has 0 bridgehead atoms. The van der Waals surface area contributed by atoms with E-state index in [1.807, 2.05) is 20.8 Å². The molecule has 0 aromatic heterocycles. The maximum atomic E-state index is 11.6. The summed E-state index contributed by atoms with van der Waals surface area (Å²) < 4.78 is 0. The maximum absolute atomic E-state index is 11.6. The zero-order valence-corrected chi connectivity index (χ0v) is 12.7. The van der Waals surface area contributed by atoms with Gasteiger partial charge in [0.05, 0.1) is 11.9 Å². The van der Waals surface area contributed by atoms with Gasteiger partial charge in [0.15, 0.2) is 0 Å². The Balaban J connectivity index is 2.06. The van der Waals surface area contributed by atoms with Crippen molar-refractivity contribution in [1.29, 1.82) is 0 Å². The number of hydrogen-bond donors (Lipinski definition) is 2. The number of aliphatic hydroxyl groups excluding tert-OH is 1. The molecule has 1 aliphatic carbocycles. The van der Waals surface area contributed by atoms with Crippen molar-refractivity contribution >= 4 is 17.7 Å². The third-order valence-corrected chi connectivity index (χ3v) is 4.86. The highest BCUT2D eigenvalue weighted by Crippen LogP contribution is 2.29. The molecular weight excluding hydrogens is 246 g/mol. The van der Waals surface area contributed by atoms with Crippen molar-refractivity contribution in [3.63, 3.8) is 0 Å². The molecule has 18 heavy (non-hydrogen) atoms. The molecule has 0 spiro atoms. The van der Waals surface area contributed by atoms with Gasteiger partial charge in [0.1, 0.15) is 0 Å². The van der Waals surface area contributed by atoms with Crippen molar-refractivity contribution in [2.45, 2.75) is 64.2 Å². The van der Waals surface area contributed by atoms with Gasteiger partial charge in [-0.15, -0.1) is 11.8 Å². The van der Waals surface area contributed by atoms with Gasteiger partial charge in [0.2, 0.25) is 5.91 Å². The Morgan fingerprint density at radius 2 is 2.00 bits per heavy atom. The van der Waals surface area contributed by atoms with Crippen LogP contribution in [0.2, 0.25) is 0 Å². The van der Waals surface area contributed by atoms with Gasteiger partial charge in [-0.1, -0.05) is 33.6 Å². The quantitative estimate of drug-likeness (QED) is 0.782. The van der Waals surface area contributed by atoms with Crippen molar-refractivity contribution in [3.05, 3.63) is 0 Å². The van der Waals surface area contributed by atoms with Gasteiger partial charge >= 0.3 is 0 Å². The van der Waals surface area contributed by atoms with Gasteiger partial charge in [-0.3, -0.25) is 4.79 Å². The molecule has 0 aromatic carbocycles. The standard InChI is InChI=1S/C14H27NO2S/c1-14(2,3)12(16)8-9-15-13(17)10-18-11-6-4-5-7-11/h11-12,16H,4-10H2,1-3H3,(H,15,17)/t12-/m0/s1. The van der Waals surface area contributed by atoms with Crippen LogP contribution in [0.5, 0.6) is 0 Å². The Kier molecular flexibility index (Phi) is 6.50. The molecule has 106 valence electrons. The number of carbonyl (C=O) groups is 1. The number of carbonyl (C=O) groups excluding carboxylic acids is 1. The highest BCUT2D eigenvalue weighted by molar-refractivity contribution is 8.00. The molecule has 0 heterocycles. The van der Waals surface area contributed by atoms with Crippen LogP contribution in [0, 0.1) is 5.41 Å². The monoisotopic (exact) mass is 273 g/mol. The van der Waals surface area contributed by atoms with Crippen LogP contribution in [0.3, 0.4) is 0 Å². The fraction of sp³-hybridized carbons (Fsp3) is 0.929. The lowest BCUT2D eigenvalue weighted by Crippen LogP contribution is -2.33. The van der Waals surface area contributed by atoms with E-state index in [1.54, 1.807) is 11.8 Å². The number of thioether (sulfide) groups is 1. The van der Waals surface area contributed by atoms with Crippen LogP contribution in [0.4, 0.5) is 0 Å². The molecule has 0 aliphatic heterocycles. The second-order valence-corrected chi connectivity index (χ2v) is 7.53. The van der Waals surface area contributed by atoms with E-state index >= 15 is 0 Å². The lowest BCUT2D eigenvalue weighted by atomic mass is 9.87. The number of nitrogens with one attached hydrogen (secondary N) is 1. The predicted molar refractivity (Wildman–Crippen MR) is 77.8 cm³/mol. The van der Waals surface area contributed by atoms with E-state index in [-0.39, 0.29) is 17.4 Å². The Morgan fingerprint density at radius 1 is 1.39 bits per heavy atom. The van der Waals surface area contributed by atoms with Crippen LogP contribution >= 0.6 is 11.8 Å². The van der Waals surface area contributed by atoms with Crippen molar-refractivity contribution in [3.8, 4) is 0 Å². The summed E-state index contributed by atoms with van der Waals surface area (Å²) in [6.45, 7) is 6.60. The van der Waals surface area contributed by atoms with Crippen LogP contribution in [-0.4, -0.2) is 34.7 Å². The van der Waals surface area contributed by atoms with Crippen LogP contribution in [0.1, 0.15) is 52.9 Å². The molecule has 1 fully saturated rings. The molecule has 0 radical (unpaired) electrons. The summed E-state index contributed by atoms with van der Waals surface area (Å²) in [4.78, 5) is 11.6. The first-order valence-electron chi connectivity index (χ1n) is 6.96. The van der Waals surface area contributed by atoms with Crippen LogP contribution < -0.4 is 5.32 Å². The molecule has 1 saturated carbocycles. The smallest absolute Gasteiger partial charge is 0.230 e. The van der Waals surface area contributed by atoms with E-state index in [4.69, 9.17) is 0 Å². The molecule has 0 unspecified atom stereocenters. The minimum absolute atomic E-state index is 0.105. The third kappa shape index (κ3) is 6.10. The SMILES string of the molecule is CC(C)(C)[C@@H](O)CCNC(=O)CSC1CCCC1. The number of hydrogen-bond acceptors (Lipinski definition) is 3. The number of aliphatic hydroxyl groups is 1. The van der Waals surface area contributed by atoms with E-state index in [1.165, 1.54) is 25.7 Å². The van der Waals surface area contributed by atoms with Gasteiger partial charge in [-0.2, -0.15) is 0 Å². The lowest BCUT2D eigenvalue weighted by Gasteiger charge is -2.25. The topological polar surface area (TPSA) is 49.3 Å². The van der Waals surface area contributed by atoms with Crippen molar-refractivity contribution in [2.24, 2.45) is 5.41 Å². The van der Waals surface area contributed by atoms with Gasteiger partial charge in [0.25, 0.3) is 0 Å². The van der Waals surface area contributed by atoms with Crippen molar-refractivity contribution in [1.82, 2.24) is 5.32 Å². The molecule has 1 atom stereocenters. The summed E-state index contributed by atoms with van der Waals surface area (Å²) in [5, 5.41) is 13.4. The number of amides is 1. The minimum atomic E-state index is -0.361. The summed E-state index contributed by atoms with van der Waals surface area (Å²) in [5.74, 6) is 0.670. The second kappa shape index (κ2) is 7.39. The molecule has 0 saturated heterocycles. The van der Waals surface area contributed by atoms with Gasteiger partial charge in [-0.25, -0.2) is 0 Å². The molecule has 1 amide bonds. The highest BCUT2D eigenvalue weighted by atomic mass is 32.2. The van der Waals surface area contributed by atoms with E-state index in [0.29, 0.717) is 24.0 Å². The fourth-order valence-electron chi connectivity index (χ4n) is 2.08. The van der Waals surface area contributed by atoms with E-state index in [9.17, 15) is 9.90 Å². The largest absolute Gasteiger partial charge is 0.393 e. The molecular formula is C14H27NO2S. The highest BCUT2D eigenvalue weighted by Gasteiger charge is 2.21. The Bertz CT molecular complexity index is 257. The van der Waals surface area contributed by atoms with Crippen LogP contribution in [0.15, 0.2) is 0 Å². The van der Waals surface area contributed by atoms with E-state index in [2.05, 4.69) is 5.32 Å². The molecule has 2 N–H and O–H groups in total. The molecule has 4 heteroatoms. The third-order valence-electron chi connectivity index (χ3n) is 3.49. The normalized spacial score (nSPS) is 18.9. The average Bonchev–Trinajstić information content (AvgIpc) is 2.77. The van der Waals surface area contributed by atoms with E-state index in [0.717, 1.165) is 0 Å². The number of rotatable bonds is 6. The zero-order valence-electron chi connectivity index (χ0n) is 11.9. The molecule has 1 rings (SSSR count). The Hall–Kier alpha value is -0.220. The first-order chi connectivity index (χ1) is 8.39. The molecule has 0 aromatic rings. The maximum Gasteiger partial charge on any atom is 0.230 e. The van der Waals surface area contributed by atoms with Gasteiger partial charge in [-0.05, 0) is 24.7 Å². The second-order valence-electron chi connectivity index (χ2n) is 6.24. The van der Waals surface area contributed by atoms with Crippen molar-refractivity contribution in [2.75, 3.05) is 12.3 Å². The average molecular weight is 273 g/mol. The Morgan fingerprint density at radius 3 is 2.56 bits per heavy atom. The predicted octanol–water partition coefficient (Wildman–Crippen LogP) is 2.58.